The summed E-state index contributed by atoms with van der Waals surface area (Å²) >= 11 is 5.64. The van der Waals surface area contributed by atoms with Crippen LogP contribution in [0, 0.1) is 5.92 Å². The molecule has 1 nitrogen and oxygen atoms in total. The molecule has 2 heteroatoms. The lowest BCUT2D eigenvalue weighted by atomic mass is 10.1. The molecule has 0 spiro atoms. The molecule has 0 saturated carbocycles. The molecular weight excluding hydrogens is 146 g/mol. The molecule has 0 fully saturated rings. The monoisotopic (exact) mass is 159 g/mol. The zero-order chi connectivity index (χ0) is 8.15. The molecule has 0 saturated heterocycles. The summed E-state index contributed by atoms with van der Waals surface area (Å²) in [6, 6.07) is 0.283. The number of rotatable bonds is 3. The smallest absolute Gasteiger partial charge is 0.123 e. The van der Waals surface area contributed by atoms with Gasteiger partial charge in [-0.3, -0.25) is 4.99 Å². The van der Waals surface area contributed by atoms with Gasteiger partial charge in [0.15, 0.2) is 0 Å². The first kappa shape index (κ1) is 9.70. The minimum absolute atomic E-state index is 0.283. The lowest BCUT2D eigenvalue weighted by Crippen LogP contribution is -2.08. The van der Waals surface area contributed by atoms with Crippen molar-refractivity contribution in [2.24, 2.45) is 10.9 Å². The van der Waals surface area contributed by atoms with Crippen molar-refractivity contribution in [3.63, 3.8) is 0 Å². The van der Waals surface area contributed by atoms with Gasteiger partial charge in [0.05, 0.1) is 6.04 Å². The third-order valence-corrected chi connectivity index (χ3v) is 1.71. The third-order valence-electron chi connectivity index (χ3n) is 1.46. The second kappa shape index (κ2) is 4.51. The number of hydrogen-bond donors (Lipinski definition) is 0. The lowest BCUT2D eigenvalue weighted by molar-refractivity contribution is 0.532. The van der Waals surface area contributed by atoms with E-state index in [-0.39, 0.29) is 6.04 Å². The van der Waals surface area contributed by atoms with Crippen molar-refractivity contribution in [1.82, 2.24) is 0 Å². The van der Waals surface area contributed by atoms with Crippen molar-refractivity contribution in [2.75, 3.05) is 0 Å². The van der Waals surface area contributed by atoms with E-state index in [0.717, 1.165) is 0 Å². The molecule has 0 bridgehead atoms. The van der Waals surface area contributed by atoms with Gasteiger partial charge < -0.3 is 0 Å². The summed E-state index contributed by atoms with van der Waals surface area (Å²) in [6.07, 6.45) is 1.56. The molecule has 0 aliphatic rings. The molecule has 0 aliphatic carbocycles. The van der Waals surface area contributed by atoms with Crippen LogP contribution in [0.3, 0.4) is 0 Å². The van der Waals surface area contributed by atoms with E-state index >= 15 is 0 Å². The summed E-state index contributed by atoms with van der Waals surface area (Å²) in [4.78, 5) is 4.16. The van der Waals surface area contributed by atoms with Gasteiger partial charge >= 0.3 is 0 Å². The average molecular weight is 160 g/mol. The Bertz CT molecular complexity index is 138. The molecule has 0 N–H and O–H groups in total. The minimum Gasteiger partial charge on any atom is -0.270 e. The van der Waals surface area contributed by atoms with Crippen LogP contribution in [0.25, 0.3) is 0 Å². The molecule has 10 heavy (non-hydrogen) atoms. The second-order valence-electron chi connectivity index (χ2n) is 2.64. The first-order valence-corrected chi connectivity index (χ1v) is 3.81. The fourth-order valence-corrected chi connectivity index (χ4v) is 0.550. The van der Waals surface area contributed by atoms with Crippen LogP contribution in [-0.2, 0) is 0 Å². The van der Waals surface area contributed by atoms with Crippen molar-refractivity contribution in [2.45, 2.75) is 26.8 Å². The summed E-state index contributed by atoms with van der Waals surface area (Å²) in [7, 11) is 0. The van der Waals surface area contributed by atoms with E-state index in [2.05, 4.69) is 25.4 Å². The van der Waals surface area contributed by atoms with Crippen LogP contribution in [0.2, 0.25) is 0 Å². The molecule has 0 heterocycles. The molecule has 0 rings (SSSR count). The fraction of sp³-hybridized carbons (Fsp3) is 0.625. The lowest BCUT2D eigenvalue weighted by Gasteiger charge is -2.09. The molecule has 0 amide bonds. The Morgan fingerprint density at radius 2 is 2.00 bits per heavy atom. The molecule has 0 aliphatic heterocycles. The van der Waals surface area contributed by atoms with E-state index in [9.17, 15) is 0 Å². The van der Waals surface area contributed by atoms with E-state index < -0.39 is 0 Å². The van der Waals surface area contributed by atoms with E-state index in [4.69, 9.17) is 11.6 Å². The van der Waals surface area contributed by atoms with Gasteiger partial charge in [-0.2, -0.15) is 0 Å². The molecule has 0 aromatic heterocycles. The van der Waals surface area contributed by atoms with Gasteiger partial charge in [-0.25, -0.2) is 0 Å². The van der Waals surface area contributed by atoms with Gasteiger partial charge in [0.25, 0.3) is 0 Å². The Morgan fingerprint density at radius 1 is 1.50 bits per heavy atom. The zero-order valence-electron chi connectivity index (χ0n) is 6.76. The fourth-order valence-electron chi connectivity index (χ4n) is 0.396. The van der Waals surface area contributed by atoms with Crippen LogP contribution in [0.4, 0.5) is 0 Å². The highest BCUT2D eigenvalue weighted by Gasteiger charge is 2.03. The minimum atomic E-state index is 0.283. The maximum atomic E-state index is 5.64. The summed E-state index contributed by atoms with van der Waals surface area (Å²) in [6.45, 7) is 9.77. The molecule has 0 aromatic carbocycles. The van der Waals surface area contributed by atoms with Gasteiger partial charge in [-0.1, -0.05) is 32.0 Å². The van der Waals surface area contributed by atoms with Gasteiger partial charge in [0.2, 0.25) is 0 Å². The first-order chi connectivity index (χ1) is 4.57. The topological polar surface area (TPSA) is 12.4 Å². The van der Waals surface area contributed by atoms with Crippen LogP contribution in [0.1, 0.15) is 20.8 Å². The van der Waals surface area contributed by atoms with Crippen LogP contribution in [0.15, 0.2) is 17.6 Å². The van der Waals surface area contributed by atoms with Gasteiger partial charge in [0, 0.05) is 0 Å². The SMILES string of the molecule is C=CC(Cl)=N[C@H](C)C(C)C. The van der Waals surface area contributed by atoms with E-state index in [1.165, 1.54) is 0 Å². The van der Waals surface area contributed by atoms with Crippen LogP contribution in [-0.4, -0.2) is 11.2 Å². The van der Waals surface area contributed by atoms with Crippen molar-refractivity contribution < 1.29 is 0 Å². The summed E-state index contributed by atoms with van der Waals surface area (Å²) in [5.41, 5.74) is 0. The Kier molecular flexibility index (Phi) is 4.37. The van der Waals surface area contributed by atoms with Crippen molar-refractivity contribution in [3.05, 3.63) is 12.7 Å². The number of aliphatic imine (C=N–C) groups is 1. The Labute approximate surface area is 67.8 Å². The predicted octanol–water partition coefficient (Wildman–Crippen LogP) is 2.85. The van der Waals surface area contributed by atoms with Gasteiger partial charge in [0.1, 0.15) is 5.17 Å². The van der Waals surface area contributed by atoms with Crippen LogP contribution >= 0.6 is 11.6 Å². The highest BCUT2D eigenvalue weighted by atomic mass is 35.5. The number of hydrogen-bond acceptors (Lipinski definition) is 1. The zero-order valence-corrected chi connectivity index (χ0v) is 7.52. The maximum Gasteiger partial charge on any atom is 0.123 e. The molecule has 58 valence electrons. The summed E-state index contributed by atoms with van der Waals surface area (Å²) < 4.78 is 0. The van der Waals surface area contributed by atoms with E-state index in [1.54, 1.807) is 6.08 Å². The highest BCUT2D eigenvalue weighted by Crippen LogP contribution is 2.06. The summed E-state index contributed by atoms with van der Waals surface area (Å²) in [5.74, 6) is 0.536. The number of nitrogens with zero attached hydrogens (tertiary/aromatic N) is 1. The van der Waals surface area contributed by atoms with E-state index in [1.807, 2.05) is 6.92 Å². The standard InChI is InChI=1S/C8H14ClN/c1-5-8(9)10-7(4)6(2)3/h5-7H,1H2,2-4H3/t7-/m1/s1. The largest absolute Gasteiger partial charge is 0.270 e. The first-order valence-electron chi connectivity index (χ1n) is 3.43. The normalized spacial score (nSPS) is 15.5. The quantitative estimate of drug-likeness (QED) is 0.562. The molecular formula is C8H14ClN. The number of allylic oxidation sites excluding steroid dienone is 1. The number of halogens is 1. The average Bonchev–Trinajstić information content (AvgIpc) is 1.87. The summed E-state index contributed by atoms with van der Waals surface area (Å²) in [5, 5.41) is 0.501. The molecule has 1 atom stereocenters. The molecule has 0 unspecified atom stereocenters. The highest BCUT2D eigenvalue weighted by molar-refractivity contribution is 6.68. The Morgan fingerprint density at radius 3 is 2.30 bits per heavy atom. The Hall–Kier alpha value is -0.300. The molecule has 0 radical (unpaired) electrons. The second-order valence-corrected chi connectivity index (χ2v) is 3.03. The predicted molar refractivity (Wildman–Crippen MR) is 47.8 cm³/mol. The van der Waals surface area contributed by atoms with E-state index in [0.29, 0.717) is 11.1 Å². The van der Waals surface area contributed by atoms with Gasteiger partial charge in [-0.15, -0.1) is 0 Å². The third kappa shape index (κ3) is 3.67. The van der Waals surface area contributed by atoms with Crippen molar-refractivity contribution >= 4 is 16.8 Å². The van der Waals surface area contributed by atoms with Gasteiger partial charge in [-0.05, 0) is 18.9 Å². The van der Waals surface area contributed by atoms with Crippen LogP contribution < -0.4 is 0 Å². The maximum absolute atomic E-state index is 5.64. The van der Waals surface area contributed by atoms with Crippen molar-refractivity contribution in [3.8, 4) is 0 Å². The van der Waals surface area contributed by atoms with Crippen molar-refractivity contribution in [1.29, 1.82) is 0 Å². The van der Waals surface area contributed by atoms with Crippen LogP contribution in [0.5, 0.6) is 0 Å². The Balaban J connectivity index is 3.98. The molecule has 0 aromatic rings.